The molecular weight excluding hydrogens is 367 g/mol. The Morgan fingerprint density at radius 3 is 2.50 bits per heavy atom. The van der Waals surface area contributed by atoms with Crippen molar-refractivity contribution in [1.82, 2.24) is 10.2 Å². The van der Waals surface area contributed by atoms with E-state index in [1.54, 1.807) is 0 Å². The van der Waals surface area contributed by atoms with Gasteiger partial charge in [-0.25, -0.2) is 0 Å². The maximum absolute atomic E-state index is 11.8. The number of carbonyl (C=O) groups excluding carboxylic acids is 1. The van der Waals surface area contributed by atoms with E-state index in [2.05, 4.69) is 10.3 Å². The van der Waals surface area contributed by atoms with E-state index in [0.717, 1.165) is 12.8 Å². The molecule has 5 nitrogen and oxygen atoms in total. The quantitative estimate of drug-likeness (QED) is 0.425. The molecule has 20 heavy (non-hydrogen) atoms. The molecule has 3 N–H and O–H groups in total. The second-order valence-electron chi connectivity index (χ2n) is 5.73. The third-order valence-electron chi connectivity index (χ3n) is 4.04. The molecule has 0 spiro atoms. The van der Waals surface area contributed by atoms with Crippen LogP contribution in [0.4, 0.5) is 0 Å². The van der Waals surface area contributed by atoms with Crippen molar-refractivity contribution in [3.05, 3.63) is 0 Å². The summed E-state index contributed by atoms with van der Waals surface area (Å²) in [6.07, 6.45) is 8.88. The zero-order valence-electron chi connectivity index (χ0n) is 12.3. The zero-order chi connectivity index (χ0) is 13.7. The molecule has 2 aliphatic carbocycles. The number of nitrogens with one attached hydrogen (secondary N) is 1. The van der Waals surface area contributed by atoms with Gasteiger partial charge in [-0.05, 0) is 25.7 Å². The third-order valence-corrected chi connectivity index (χ3v) is 4.04. The third kappa shape index (κ3) is 5.85. The number of aliphatic imine (C=N–C) groups is 1. The fraction of sp³-hybridized carbons (Fsp3) is 0.857. The average molecular weight is 394 g/mol. The predicted octanol–water partition coefficient (Wildman–Crippen LogP) is 1.85. The Morgan fingerprint density at radius 2 is 1.90 bits per heavy atom. The lowest BCUT2D eigenvalue weighted by molar-refractivity contribution is -0.121. The van der Waals surface area contributed by atoms with Gasteiger partial charge in [0.2, 0.25) is 5.91 Å². The summed E-state index contributed by atoms with van der Waals surface area (Å²) in [5.74, 6) is 0.672. The molecule has 0 bridgehead atoms. The molecule has 116 valence electrons. The number of amides is 1. The summed E-state index contributed by atoms with van der Waals surface area (Å²) < 4.78 is 0. The molecule has 2 aliphatic rings. The Morgan fingerprint density at radius 1 is 1.25 bits per heavy atom. The second-order valence-corrected chi connectivity index (χ2v) is 5.73. The first kappa shape index (κ1) is 17.5. The number of carbonyl (C=O) groups is 1. The number of nitrogens with zero attached hydrogens (tertiary/aromatic N) is 2. The molecule has 6 heteroatoms. The van der Waals surface area contributed by atoms with Crippen molar-refractivity contribution in [3.8, 4) is 0 Å². The van der Waals surface area contributed by atoms with Crippen LogP contribution in [-0.4, -0.2) is 42.4 Å². The van der Waals surface area contributed by atoms with E-state index in [9.17, 15) is 4.79 Å². The number of hydrogen-bond acceptors (Lipinski definition) is 2. The van der Waals surface area contributed by atoms with Crippen molar-refractivity contribution in [3.63, 3.8) is 0 Å². The second kappa shape index (κ2) is 8.69. The smallest absolute Gasteiger partial charge is 0.222 e. The van der Waals surface area contributed by atoms with Gasteiger partial charge in [0.25, 0.3) is 0 Å². The van der Waals surface area contributed by atoms with Crippen LogP contribution in [0.15, 0.2) is 4.99 Å². The Hall–Kier alpha value is -0.530. The van der Waals surface area contributed by atoms with Gasteiger partial charge >= 0.3 is 0 Å². The van der Waals surface area contributed by atoms with E-state index in [0.29, 0.717) is 31.0 Å². The van der Waals surface area contributed by atoms with E-state index in [4.69, 9.17) is 5.73 Å². The number of rotatable bonds is 5. The highest BCUT2D eigenvalue weighted by Gasteiger charge is 2.27. The zero-order valence-corrected chi connectivity index (χ0v) is 14.6. The van der Waals surface area contributed by atoms with Crippen LogP contribution in [0.1, 0.15) is 51.4 Å². The maximum Gasteiger partial charge on any atom is 0.222 e. The van der Waals surface area contributed by atoms with Crippen LogP contribution in [0.5, 0.6) is 0 Å². The van der Waals surface area contributed by atoms with E-state index >= 15 is 0 Å². The van der Waals surface area contributed by atoms with Crippen molar-refractivity contribution < 1.29 is 4.79 Å². The van der Waals surface area contributed by atoms with Crippen LogP contribution in [-0.2, 0) is 4.79 Å². The largest absolute Gasteiger partial charge is 0.370 e. The summed E-state index contributed by atoms with van der Waals surface area (Å²) in [5, 5.41) is 3.09. The molecule has 0 saturated heterocycles. The molecule has 0 unspecified atom stereocenters. The molecular formula is C14H27IN4O. The molecule has 0 aromatic carbocycles. The van der Waals surface area contributed by atoms with Gasteiger partial charge in [0.1, 0.15) is 0 Å². The maximum atomic E-state index is 11.8. The van der Waals surface area contributed by atoms with Crippen LogP contribution < -0.4 is 11.1 Å². The van der Waals surface area contributed by atoms with Crippen LogP contribution in [0.3, 0.4) is 0 Å². The fourth-order valence-corrected chi connectivity index (χ4v) is 2.58. The molecule has 0 atom stereocenters. The van der Waals surface area contributed by atoms with Crippen LogP contribution >= 0.6 is 24.0 Å². The van der Waals surface area contributed by atoms with Gasteiger partial charge in [-0.3, -0.25) is 9.79 Å². The Balaban J connectivity index is 0.00000200. The minimum absolute atomic E-state index is 0. The van der Waals surface area contributed by atoms with Gasteiger partial charge in [-0.1, -0.05) is 19.3 Å². The van der Waals surface area contributed by atoms with E-state index in [1.807, 2.05) is 11.9 Å². The van der Waals surface area contributed by atoms with Gasteiger partial charge in [0.15, 0.2) is 5.96 Å². The standard InChI is InChI=1S/C14H26N4O.HI/c1-18(12-7-8-12)14(15)16-10-9-13(19)17-11-5-3-2-4-6-11;/h11-12H,2-10H2,1H3,(H2,15,16)(H,17,19);1H. The van der Waals surface area contributed by atoms with Gasteiger partial charge < -0.3 is 16.0 Å². The first-order valence-corrected chi connectivity index (χ1v) is 7.49. The van der Waals surface area contributed by atoms with Crippen LogP contribution in [0.2, 0.25) is 0 Å². The molecule has 0 radical (unpaired) electrons. The lowest BCUT2D eigenvalue weighted by Gasteiger charge is -2.22. The molecule has 0 aromatic heterocycles. The number of halogens is 1. The average Bonchev–Trinajstić information content (AvgIpc) is 3.23. The predicted molar refractivity (Wildman–Crippen MR) is 92.3 cm³/mol. The Labute approximate surface area is 138 Å². The van der Waals surface area contributed by atoms with Gasteiger partial charge in [0.05, 0.1) is 6.54 Å². The van der Waals surface area contributed by atoms with Crippen molar-refractivity contribution in [2.45, 2.75) is 63.5 Å². The highest BCUT2D eigenvalue weighted by molar-refractivity contribution is 14.0. The first-order valence-electron chi connectivity index (χ1n) is 7.49. The normalized spacial score (nSPS) is 20.1. The molecule has 0 aliphatic heterocycles. The van der Waals surface area contributed by atoms with Crippen molar-refractivity contribution in [1.29, 1.82) is 0 Å². The highest BCUT2D eigenvalue weighted by atomic mass is 127. The van der Waals surface area contributed by atoms with Crippen molar-refractivity contribution in [2.75, 3.05) is 13.6 Å². The van der Waals surface area contributed by atoms with Gasteiger partial charge in [-0.2, -0.15) is 0 Å². The number of nitrogens with two attached hydrogens (primary N) is 1. The Bertz CT molecular complexity index is 338. The minimum Gasteiger partial charge on any atom is -0.370 e. The molecule has 0 heterocycles. The van der Waals surface area contributed by atoms with E-state index in [-0.39, 0.29) is 29.9 Å². The lowest BCUT2D eigenvalue weighted by atomic mass is 9.95. The highest BCUT2D eigenvalue weighted by Crippen LogP contribution is 2.24. The molecule has 2 fully saturated rings. The van der Waals surface area contributed by atoms with E-state index < -0.39 is 0 Å². The molecule has 0 aromatic rings. The van der Waals surface area contributed by atoms with Crippen LogP contribution in [0.25, 0.3) is 0 Å². The van der Waals surface area contributed by atoms with Crippen molar-refractivity contribution in [2.24, 2.45) is 10.7 Å². The van der Waals surface area contributed by atoms with Crippen molar-refractivity contribution >= 4 is 35.8 Å². The minimum atomic E-state index is 0. The topological polar surface area (TPSA) is 70.7 Å². The lowest BCUT2D eigenvalue weighted by Crippen LogP contribution is -2.37. The van der Waals surface area contributed by atoms with Gasteiger partial charge in [0, 0.05) is 25.6 Å². The summed E-state index contributed by atoms with van der Waals surface area (Å²) >= 11 is 0. The SMILES string of the molecule is CN(C(N)=NCCC(=O)NC1CCCCC1)C1CC1.I. The summed E-state index contributed by atoms with van der Waals surface area (Å²) in [4.78, 5) is 18.1. The summed E-state index contributed by atoms with van der Waals surface area (Å²) in [6.45, 7) is 0.488. The summed E-state index contributed by atoms with van der Waals surface area (Å²) in [6, 6.07) is 0.955. The number of guanidine groups is 1. The summed E-state index contributed by atoms with van der Waals surface area (Å²) in [7, 11) is 1.97. The molecule has 2 rings (SSSR count). The molecule has 1 amide bonds. The van der Waals surface area contributed by atoms with E-state index in [1.165, 1.54) is 32.1 Å². The monoisotopic (exact) mass is 394 g/mol. The molecule has 2 saturated carbocycles. The summed E-state index contributed by atoms with van der Waals surface area (Å²) in [5.41, 5.74) is 5.87. The fourth-order valence-electron chi connectivity index (χ4n) is 2.58. The number of hydrogen-bond donors (Lipinski definition) is 2. The first-order chi connectivity index (χ1) is 9.16. The Kier molecular flexibility index (Phi) is 7.61. The van der Waals surface area contributed by atoms with Crippen LogP contribution in [0, 0.1) is 0 Å². The van der Waals surface area contributed by atoms with Gasteiger partial charge in [-0.15, -0.1) is 24.0 Å².